The third kappa shape index (κ3) is 3.43. The Hall–Kier alpha value is -2.93. The predicted molar refractivity (Wildman–Crippen MR) is 111 cm³/mol. The van der Waals surface area contributed by atoms with Gasteiger partial charge < -0.3 is 18.8 Å². The molecule has 1 amide bonds. The number of carbonyl (C=O) groups is 1. The summed E-state index contributed by atoms with van der Waals surface area (Å²) in [4.78, 5) is 27.1. The van der Waals surface area contributed by atoms with Gasteiger partial charge in [-0.1, -0.05) is 17.7 Å². The molecule has 30 heavy (non-hydrogen) atoms. The second kappa shape index (κ2) is 7.72. The highest BCUT2D eigenvalue weighted by Crippen LogP contribution is 2.38. The first kappa shape index (κ1) is 19.1. The molecule has 0 aliphatic carbocycles. The number of hydrogen-bond acceptors (Lipinski definition) is 5. The molecule has 1 saturated heterocycles. The van der Waals surface area contributed by atoms with Crippen LogP contribution in [0.25, 0.3) is 11.1 Å². The number of fused-ring (bicyclic) bond motifs is 2. The maximum atomic E-state index is 13.0. The van der Waals surface area contributed by atoms with Gasteiger partial charge in [-0.2, -0.15) is 0 Å². The summed E-state index contributed by atoms with van der Waals surface area (Å²) in [7, 11) is 0. The zero-order chi connectivity index (χ0) is 20.7. The number of halogens is 1. The molecule has 1 atom stereocenters. The Balaban J connectivity index is 1.33. The number of carbonyl (C=O) groups excluding carboxylic acids is 1. The quantitative estimate of drug-likeness (QED) is 0.632. The van der Waals surface area contributed by atoms with Crippen molar-refractivity contribution in [3.63, 3.8) is 0 Å². The molecule has 2 aliphatic heterocycles. The molecule has 0 N–H and O–H groups in total. The maximum Gasteiger partial charge on any atom is 0.419 e. The fourth-order valence-corrected chi connectivity index (χ4v) is 4.44. The topological polar surface area (TPSA) is 73.9 Å². The third-order valence-corrected chi connectivity index (χ3v) is 5.94. The molecule has 0 bridgehead atoms. The van der Waals surface area contributed by atoms with Gasteiger partial charge in [0.25, 0.3) is 0 Å². The van der Waals surface area contributed by atoms with Crippen molar-refractivity contribution >= 4 is 28.6 Å². The standard InChI is InChI=1S/C22H21ClN2O5/c23-15-4-5-17-19(13-15)30-22(27)25(17)9-7-21(26)24-8-1-2-16(24)14-3-6-18-20(12-14)29-11-10-28-18/h3-6,12-13,16H,1-2,7-11H2/t16-/m0/s1. The number of amides is 1. The number of hydrogen-bond donors (Lipinski definition) is 0. The first-order chi connectivity index (χ1) is 14.6. The molecule has 156 valence electrons. The maximum absolute atomic E-state index is 13.0. The second-order valence-corrected chi connectivity index (χ2v) is 7.97. The summed E-state index contributed by atoms with van der Waals surface area (Å²) in [5.74, 6) is 1.01. The third-order valence-electron chi connectivity index (χ3n) is 5.70. The van der Waals surface area contributed by atoms with Gasteiger partial charge in [-0.05, 0) is 42.7 Å². The van der Waals surface area contributed by atoms with Crippen LogP contribution in [0.2, 0.25) is 5.02 Å². The van der Waals surface area contributed by atoms with Crippen LogP contribution in [0.3, 0.4) is 0 Å². The highest BCUT2D eigenvalue weighted by Gasteiger charge is 2.30. The van der Waals surface area contributed by atoms with Gasteiger partial charge in [0.15, 0.2) is 17.1 Å². The van der Waals surface area contributed by atoms with Crippen LogP contribution in [0, 0.1) is 0 Å². The van der Waals surface area contributed by atoms with Gasteiger partial charge in [-0.15, -0.1) is 0 Å². The van der Waals surface area contributed by atoms with E-state index in [-0.39, 0.29) is 24.9 Å². The molecule has 2 aromatic carbocycles. The molecule has 1 fully saturated rings. The van der Waals surface area contributed by atoms with Crippen LogP contribution in [-0.4, -0.2) is 35.1 Å². The van der Waals surface area contributed by atoms with E-state index in [0.717, 1.165) is 29.9 Å². The molecule has 2 aliphatic rings. The van der Waals surface area contributed by atoms with E-state index in [9.17, 15) is 9.59 Å². The fraction of sp³-hybridized carbons (Fsp3) is 0.364. The van der Waals surface area contributed by atoms with Crippen molar-refractivity contribution in [1.29, 1.82) is 0 Å². The summed E-state index contributed by atoms with van der Waals surface area (Å²) in [6.07, 6.45) is 2.06. The van der Waals surface area contributed by atoms with Crippen molar-refractivity contribution in [1.82, 2.24) is 9.47 Å². The number of nitrogens with zero attached hydrogens (tertiary/aromatic N) is 2. The molecule has 0 unspecified atom stereocenters. The van der Waals surface area contributed by atoms with Gasteiger partial charge in [0.1, 0.15) is 13.2 Å². The number of likely N-dealkylation sites (tertiary alicyclic amines) is 1. The van der Waals surface area contributed by atoms with Crippen LogP contribution in [-0.2, 0) is 11.3 Å². The summed E-state index contributed by atoms with van der Waals surface area (Å²) >= 11 is 5.96. The SMILES string of the molecule is O=C(CCn1c(=O)oc2cc(Cl)ccc21)N1CCC[C@H]1c1ccc2c(c1)OCCO2. The predicted octanol–water partition coefficient (Wildman–Crippen LogP) is 3.77. The van der Waals surface area contributed by atoms with E-state index in [1.807, 2.05) is 23.1 Å². The molecule has 5 rings (SSSR count). The first-order valence-corrected chi connectivity index (χ1v) is 10.5. The van der Waals surface area contributed by atoms with Gasteiger partial charge in [0, 0.05) is 30.6 Å². The number of benzene rings is 2. The number of aromatic nitrogens is 1. The number of ether oxygens (including phenoxy) is 2. The Labute approximate surface area is 177 Å². The van der Waals surface area contributed by atoms with E-state index in [0.29, 0.717) is 35.9 Å². The molecule has 0 radical (unpaired) electrons. The Bertz CT molecular complexity index is 1170. The average Bonchev–Trinajstić information content (AvgIpc) is 3.35. The number of oxazole rings is 1. The van der Waals surface area contributed by atoms with Gasteiger partial charge in [-0.25, -0.2) is 4.79 Å². The van der Waals surface area contributed by atoms with Crippen LogP contribution in [0.1, 0.15) is 30.9 Å². The second-order valence-electron chi connectivity index (χ2n) is 7.53. The van der Waals surface area contributed by atoms with Crippen LogP contribution in [0.4, 0.5) is 0 Å². The Kier molecular flexibility index (Phi) is 4.90. The smallest absolute Gasteiger partial charge is 0.419 e. The van der Waals surface area contributed by atoms with Crippen LogP contribution in [0.15, 0.2) is 45.6 Å². The lowest BCUT2D eigenvalue weighted by Crippen LogP contribution is -2.32. The lowest BCUT2D eigenvalue weighted by Gasteiger charge is -2.27. The van der Waals surface area contributed by atoms with E-state index in [4.69, 9.17) is 25.5 Å². The number of rotatable bonds is 4. The minimum atomic E-state index is -0.482. The molecule has 7 nitrogen and oxygen atoms in total. The van der Waals surface area contributed by atoms with Gasteiger partial charge in [-0.3, -0.25) is 9.36 Å². The Morgan fingerprint density at radius 3 is 2.80 bits per heavy atom. The first-order valence-electron chi connectivity index (χ1n) is 10.1. The van der Waals surface area contributed by atoms with Gasteiger partial charge >= 0.3 is 5.76 Å². The molecule has 3 heterocycles. The van der Waals surface area contributed by atoms with Crippen molar-refractivity contribution in [3.05, 3.63) is 57.5 Å². The molecule has 8 heteroatoms. The summed E-state index contributed by atoms with van der Waals surface area (Å²) in [5, 5.41) is 0.499. The van der Waals surface area contributed by atoms with Crippen molar-refractivity contribution in [2.75, 3.05) is 19.8 Å². The monoisotopic (exact) mass is 428 g/mol. The fourth-order valence-electron chi connectivity index (χ4n) is 4.28. The highest BCUT2D eigenvalue weighted by molar-refractivity contribution is 6.31. The highest BCUT2D eigenvalue weighted by atomic mass is 35.5. The van der Waals surface area contributed by atoms with Crippen molar-refractivity contribution < 1.29 is 18.7 Å². The van der Waals surface area contributed by atoms with E-state index in [1.165, 1.54) is 4.57 Å². The minimum Gasteiger partial charge on any atom is -0.486 e. The lowest BCUT2D eigenvalue weighted by molar-refractivity contribution is -0.132. The van der Waals surface area contributed by atoms with Crippen molar-refractivity contribution in [3.8, 4) is 11.5 Å². The van der Waals surface area contributed by atoms with Crippen LogP contribution < -0.4 is 15.2 Å². The Morgan fingerprint density at radius 1 is 1.10 bits per heavy atom. The van der Waals surface area contributed by atoms with E-state index in [2.05, 4.69) is 0 Å². The van der Waals surface area contributed by atoms with E-state index in [1.54, 1.807) is 18.2 Å². The van der Waals surface area contributed by atoms with Gasteiger partial charge in [0.2, 0.25) is 5.91 Å². The summed E-state index contributed by atoms with van der Waals surface area (Å²) in [6, 6.07) is 10.9. The Morgan fingerprint density at radius 2 is 1.93 bits per heavy atom. The summed E-state index contributed by atoms with van der Waals surface area (Å²) in [6.45, 7) is 2.04. The molecular weight excluding hydrogens is 408 g/mol. The molecule has 1 aromatic heterocycles. The molecule has 0 spiro atoms. The van der Waals surface area contributed by atoms with Crippen LogP contribution in [0.5, 0.6) is 11.5 Å². The number of aryl methyl sites for hydroxylation is 1. The van der Waals surface area contributed by atoms with E-state index >= 15 is 0 Å². The normalized spacial score (nSPS) is 18.2. The molecular formula is C22H21ClN2O5. The molecule has 3 aromatic rings. The lowest BCUT2D eigenvalue weighted by atomic mass is 10.0. The summed E-state index contributed by atoms with van der Waals surface area (Å²) in [5.41, 5.74) is 2.11. The summed E-state index contributed by atoms with van der Waals surface area (Å²) < 4.78 is 18.0. The van der Waals surface area contributed by atoms with Crippen molar-refractivity contribution in [2.45, 2.75) is 31.8 Å². The van der Waals surface area contributed by atoms with E-state index < -0.39 is 5.76 Å². The minimum absolute atomic E-state index is 0.00458. The van der Waals surface area contributed by atoms with Crippen molar-refractivity contribution in [2.24, 2.45) is 0 Å². The zero-order valence-electron chi connectivity index (χ0n) is 16.3. The van der Waals surface area contributed by atoms with Crippen LogP contribution >= 0.6 is 11.6 Å². The molecule has 0 saturated carbocycles. The zero-order valence-corrected chi connectivity index (χ0v) is 17.1. The largest absolute Gasteiger partial charge is 0.486 e. The average molecular weight is 429 g/mol. The van der Waals surface area contributed by atoms with Gasteiger partial charge in [0.05, 0.1) is 11.6 Å².